The van der Waals surface area contributed by atoms with E-state index in [1.807, 2.05) is 12.1 Å². The largest absolute Gasteiger partial charge is 0.497 e. The number of fused-ring (bicyclic) bond motifs is 1. The molecule has 1 aromatic heterocycles. The molecular formula is C19H15N3O5. The Morgan fingerprint density at radius 1 is 1.22 bits per heavy atom. The van der Waals surface area contributed by atoms with Crippen LogP contribution in [-0.2, 0) is 4.79 Å². The van der Waals surface area contributed by atoms with E-state index in [1.165, 1.54) is 6.07 Å². The lowest BCUT2D eigenvalue weighted by Crippen LogP contribution is -2.21. The van der Waals surface area contributed by atoms with Gasteiger partial charge >= 0.3 is 5.97 Å². The van der Waals surface area contributed by atoms with Crippen molar-refractivity contribution in [3.8, 4) is 22.9 Å². The molecule has 0 radical (unpaired) electrons. The van der Waals surface area contributed by atoms with Crippen molar-refractivity contribution in [1.29, 1.82) is 0 Å². The number of benzene rings is 2. The molecule has 2 aromatic carbocycles. The number of aromatic amines is 1. The summed E-state index contributed by atoms with van der Waals surface area (Å²) in [7, 11) is 1.58. The number of methoxy groups -OCH3 is 1. The van der Waals surface area contributed by atoms with E-state index in [-0.39, 0.29) is 18.0 Å². The molecule has 1 aliphatic heterocycles. The van der Waals surface area contributed by atoms with Crippen LogP contribution >= 0.6 is 0 Å². The van der Waals surface area contributed by atoms with Gasteiger partial charge < -0.3 is 9.47 Å². The standard InChI is InChI=1S/C19H15N3O5/c1-26-12-8-6-11(7-9-12)18-17-14(10-16(23)27-19(17)21-20-18)13-4-2-3-5-15(13)22(24)25/h2-9,14H,10H2,1H3,(H,20,21)/t14-/m1/s1. The molecule has 8 heteroatoms. The van der Waals surface area contributed by atoms with Crippen molar-refractivity contribution in [2.45, 2.75) is 12.3 Å². The number of carbonyl (C=O) groups excluding carboxylic acids is 1. The number of nitrogens with zero attached hydrogens (tertiary/aromatic N) is 2. The number of nitro benzene ring substituents is 1. The van der Waals surface area contributed by atoms with E-state index in [4.69, 9.17) is 9.47 Å². The van der Waals surface area contributed by atoms with Gasteiger partial charge in [0, 0.05) is 23.1 Å². The van der Waals surface area contributed by atoms with Crippen molar-refractivity contribution in [2.75, 3.05) is 7.11 Å². The highest BCUT2D eigenvalue weighted by molar-refractivity contribution is 5.81. The summed E-state index contributed by atoms with van der Waals surface area (Å²) in [4.78, 5) is 23.1. The molecule has 0 amide bonds. The summed E-state index contributed by atoms with van der Waals surface area (Å²) in [5.74, 6) is -0.147. The van der Waals surface area contributed by atoms with Crippen LogP contribution in [0.15, 0.2) is 48.5 Å². The van der Waals surface area contributed by atoms with Crippen LogP contribution in [-0.4, -0.2) is 28.2 Å². The van der Waals surface area contributed by atoms with Gasteiger partial charge in [0.25, 0.3) is 5.69 Å². The molecule has 0 saturated carbocycles. The van der Waals surface area contributed by atoms with E-state index >= 15 is 0 Å². The van der Waals surface area contributed by atoms with Crippen molar-refractivity contribution < 1.29 is 19.2 Å². The average Bonchev–Trinajstić information content (AvgIpc) is 3.11. The zero-order chi connectivity index (χ0) is 19.0. The Morgan fingerprint density at radius 3 is 2.67 bits per heavy atom. The van der Waals surface area contributed by atoms with Crippen LogP contribution < -0.4 is 9.47 Å². The summed E-state index contributed by atoms with van der Waals surface area (Å²) in [6, 6.07) is 13.7. The number of nitrogens with one attached hydrogen (secondary N) is 1. The van der Waals surface area contributed by atoms with Crippen molar-refractivity contribution in [3.63, 3.8) is 0 Å². The maximum absolute atomic E-state index is 12.1. The average molecular weight is 365 g/mol. The third kappa shape index (κ3) is 2.91. The van der Waals surface area contributed by atoms with Crippen LogP contribution in [0, 0.1) is 10.1 Å². The summed E-state index contributed by atoms with van der Waals surface area (Å²) in [5, 5.41) is 18.5. The SMILES string of the molecule is COc1ccc(-c2[nH]nc3c2[C@@H](c2ccccc2[N+](=O)[O-])CC(=O)O3)cc1. The molecule has 2 heterocycles. The summed E-state index contributed by atoms with van der Waals surface area (Å²) < 4.78 is 10.4. The van der Waals surface area contributed by atoms with Crippen LogP contribution in [0.5, 0.6) is 11.6 Å². The summed E-state index contributed by atoms with van der Waals surface area (Å²) in [5.41, 5.74) is 2.52. The minimum Gasteiger partial charge on any atom is -0.497 e. The molecule has 1 atom stereocenters. The second kappa shape index (κ2) is 6.56. The lowest BCUT2D eigenvalue weighted by Gasteiger charge is -2.22. The second-order valence-electron chi connectivity index (χ2n) is 6.09. The Labute approximate surface area is 153 Å². The van der Waals surface area contributed by atoms with E-state index in [9.17, 15) is 14.9 Å². The zero-order valence-electron chi connectivity index (χ0n) is 14.3. The normalized spacial score (nSPS) is 15.7. The van der Waals surface area contributed by atoms with Crippen molar-refractivity contribution >= 4 is 11.7 Å². The van der Waals surface area contributed by atoms with Gasteiger partial charge in [0.05, 0.1) is 29.7 Å². The molecule has 1 aliphatic rings. The first-order valence-corrected chi connectivity index (χ1v) is 8.25. The molecule has 0 bridgehead atoms. The van der Waals surface area contributed by atoms with Crippen LogP contribution in [0.2, 0.25) is 0 Å². The number of aromatic nitrogens is 2. The van der Waals surface area contributed by atoms with E-state index in [1.54, 1.807) is 37.4 Å². The lowest BCUT2D eigenvalue weighted by atomic mass is 9.85. The van der Waals surface area contributed by atoms with Gasteiger partial charge in [0.2, 0.25) is 5.88 Å². The lowest BCUT2D eigenvalue weighted by molar-refractivity contribution is -0.385. The molecule has 0 spiro atoms. The summed E-state index contributed by atoms with van der Waals surface area (Å²) in [6.07, 6.45) is 0.000537. The number of ether oxygens (including phenoxy) is 2. The van der Waals surface area contributed by atoms with Crippen molar-refractivity contribution in [3.05, 3.63) is 69.8 Å². The Bertz CT molecular complexity index is 1030. The van der Waals surface area contributed by atoms with Crippen LogP contribution in [0.3, 0.4) is 0 Å². The smallest absolute Gasteiger partial charge is 0.313 e. The number of hydrogen-bond donors (Lipinski definition) is 1. The van der Waals surface area contributed by atoms with Gasteiger partial charge in [-0.1, -0.05) is 18.2 Å². The molecule has 3 aromatic rings. The molecule has 0 unspecified atom stereocenters. The second-order valence-corrected chi connectivity index (χ2v) is 6.09. The first-order chi connectivity index (χ1) is 13.1. The van der Waals surface area contributed by atoms with Crippen LogP contribution in [0.1, 0.15) is 23.5 Å². The Kier molecular flexibility index (Phi) is 4.08. The third-order valence-corrected chi connectivity index (χ3v) is 4.59. The number of rotatable bonds is 4. The van der Waals surface area contributed by atoms with E-state index in [0.717, 1.165) is 5.56 Å². The molecule has 27 heavy (non-hydrogen) atoms. The van der Waals surface area contributed by atoms with Crippen LogP contribution in [0.4, 0.5) is 5.69 Å². The highest BCUT2D eigenvalue weighted by atomic mass is 16.6. The molecule has 0 aliphatic carbocycles. The Hall–Kier alpha value is -3.68. The molecule has 0 saturated heterocycles. The predicted molar refractivity (Wildman–Crippen MR) is 95.8 cm³/mol. The van der Waals surface area contributed by atoms with Crippen molar-refractivity contribution in [1.82, 2.24) is 10.2 Å². The molecule has 4 rings (SSSR count). The van der Waals surface area contributed by atoms with Crippen LogP contribution in [0.25, 0.3) is 11.3 Å². The molecule has 8 nitrogen and oxygen atoms in total. The number of hydrogen-bond acceptors (Lipinski definition) is 6. The molecular weight excluding hydrogens is 350 g/mol. The van der Waals surface area contributed by atoms with Gasteiger partial charge in [-0.15, -0.1) is 5.10 Å². The minimum absolute atomic E-state index is 0.000537. The summed E-state index contributed by atoms with van der Waals surface area (Å²) in [6.45, 7) is 0. The molecule has 0 fully saturated rings. The Morgan fingerprint density at radius 2 is 1.96 bits per heavy atom. The fraction of sp³-hybridized carbons (Fsp3) is 0.158. The molecule has 1 N–H and O–H groups in total. The maximum atomic E-state index is 12.1. The van der Waals surface area contributed by atoms with E-state index < -0.39 is 16.8 Å². The topological polar surface area (TPSA) is 107 Å². The third-order valence-electron chi connectivity index (χ3n) is 4.59. The van der Waals surface area contributed by atoms with Gasteiger partial charge in [0.15, 0.2) is 0 Å². The first-order valence-electron chi connectivity index (χ1n) is 8.25. The van der Waals surface area contributed by atoms with E-state index in [0.29, 0.717) is 22.6 Å². The molecule has 136 valence electrons. The number of esters is 1. The van der Waals surface area contributed by atoms with Crippen molar-refractivity contribution in [2.24, 2.45) is 0 Å². The monoisotopic (exact) mass is 365 g/mol. The zero-order valence-corrected chi connectivity index (χ0v) is 14.3. The predicted octanol–water partition coefficient (Wildman–Crippen LogP) is 3.43. The summed E-state index contributed by atoms with van der Waals surface area (Å²) >= 11 is 0. The van der Waals surface area contributed by atoms with Gasteiger partial charge in [-0.3, -0.25) is 20.0 Å². The first kappa shape index (κ1) is 16.8. The van der Waals surface area contributed by atoms with Gasteiger partial charge in [-0.2, -0.15) is 0 Å². The number of carbonyl (C=O) groups is 1. The maximum Gasteiger partial charge on any atom is 0.313 e. The minimum atomic E-state index is -0.529. The van der Waals surface area contributed by atoms with Gasteiger partial charge in [0.1, 0.15) is 5.75 Å². The highest BCUT2D eigenvalue weighted by Crippen LogP contribution is 2.45. The highest BCUT2D eigenvalue weighted by Gasteiger charge is 2.36. The number of nitro groups is 1. The van der Waals surface area contributed by atoms with E-state index in [2.05, 4.69) is 10.2 Å². The fourth-order valence-corrected chi connectivity index (χ4v) is 3.35. The van der Waals surface area contributed by atoms with Gasteiger partial charge in [-0.05, 0) is 24.3 Å². The fourth-order valence-electron chi connectivity index (χ4n) is 3.35. The quantitative estimate of drug-likeness (QED) is 0.431. The number of para-hydroxylation sites is 1. The number of H-pyrrole nitrogens is 1. The van der Waals surface area contributed by atoms with Gasteiger partial charge in [-0.25, -0.2) is 0 Å². The Balaban J connectivity index is 1.87.